The molecule has 0 saturated carbocycles. The summed E-state index contributed by atoms with van der Waals surface area (Å²) in [4.78, 5) is 143. The van der Waals surface area contributed by atoms with Crippen LogP contribution < -0.4 is 23.7 Å². The van der Waals surface area contributed by atoms with E-state index in [0.29, 0.717) is 115 Å². The zero-order valence-corrected chi connectivity index (χ0v) is 60.6. The normalized spacial score (nSPS) is 14.6. The molecule has 1 heterocycles. The van der Waals surface area contributed by atoms with Crippen molar-refractivity contribution in [2.75, 3.05) is 6.61 Å². The van der Waals surface area contributed by atoms with E-state index >= 15 is 14.4 Å². The number of aliphatic hydroxyl groups is 1. The van der Waals surface area contributed by atoms with Gasteiger partial charge >= 0.3 is 59.7 Å². The third-order valence-corrected chi connectivity index (χ3v) is 17.2. The first-order valence-corrected chi connectivity index (χ1v) is 33.6. The predicted molar refractivity (Wildman–Crippen MR) is 387 cm³/mol. The van der Waals surface area contributed by atoms with Crippen LogP contribution in [0.4, 0.5) is 0 Å². The molecule has 0 amide bonds. The number of benzene rings is 10. The van der Waals surface area contributed by atoms with Gasteiger partial charge in [0.1, 0.15) is 12.7 Å². The topological polar surface area (TPSA) is 778 Å². The summed E-state index contributed by atoms with van der Waals surface area (Å²) in [5, 5.41) is 262. The van der Waals surface area contributed by atoms with Crippen LogP contribution in [-0.2, 0) is 35.0 Å². The average Bonchev–Trinajstić information content (AvgIpc) is 0.762. The van der Waals surface area contributed by atoms with Gasteiger partial charge in [0.05, 0.1) is 62.2 Å². The van der Waals surface area contributed by atoms with Gasteiger partial charge in [0.2, 0.25) is 41.1 Å². The van der Waals surface area contributed by atoms with Gasteiger partial charge in [0.15, 0.2) is 150 Å². The van der Waals surface area contributed by atoms with Crippen LogP contribution in [-0.4, -0.2) is 225 Å². The van der Waals surface area contributed by atoms with Crippen molar-refractivity contribution in [1.82, 2.24) is 0 Å². The second-order valence-corrected chi connectivity index (χ2v) is 25.4. The molecule has 10 aromatic carbocycles. The van der Waals surface area contributed by atoms with Crippen molar-refractivity contribution in [2.45, 2.75) is 37.3 Å². The van der Waals surface area contributed by atoms with Gasteiger partial charge < -0.3 is 180 Å². The van der Waals surface area contributed by atoms with Gasteiger partial charge in [0, 0.05) is 5.56 Å². The predicted octanol–water partition coefficient (Wildman–Crippen LogP) is 4.62. The van der Waals surface area contributed by atoms with E-state index < -0.39 is 332 Å². The number of phenols is 24. The molecule has 25 N–H and O–H groups in total. The molecule has 638 valence electrons. The number of aliphatic hydroxyl groups excluding tert-OH is 1. The van der Waals surface area contributed by atoms with Crippen LogP contribution in [0.3, 0.4) is 0 Å². The molecular formula is C77H54O46. The van der Waals surface area contributed by atoms with Gasteiger partial charge in [-0.3, -0.25) is 0 Å². The third-order valence-electron chi connectivity index (χ3n) is 17.2. The summed E-state index contributed by atoms with van der Waals surface area (Å²) in [7, 11) is 0. The molecule has 0 aromatic heterocycles. The summed E-state index contributed by atoms with van der Waals surface area (Å²) >= 11 is 0. The highest BCUT2D eigenvalue weighted by Crippen LogP contribution is 2.48. The molecule has 1 fully saturated rings. The highest BCUT2D eigenvalue weighted by Gasteiger charge is 2.55. The average molecular weight is 1720 g/mol. The quantitative estimate of drug-likeness (QED) is 0.0190. The molecule has 46 nitrogen and oxygen atoms in total. The van der Waals surface area contributed by atoms with Crippen molar-refractivity contribution in [1.29, 1.82) is 0 Å². The fourth-order valence-corrected chi connectivity index (χ4v) is 11.0. The van der Waals surface area contributed by atoms with Crippen molar-refractivity contribution in [3.05, 3.63) is 183 Å². The fraction of sp³-hybridized carbons (Fsp3) is 0.0909. The minimum Gasteiger partial charge on any atom is -0.504 e. The molecule has 0 bridgehead atoms. The first-order chi connectivity index (χ1) is 57.9. The Kier molecular flexibility index (Phi) is 23.8. The van der Waals surface area contributed by atoms with E-state index in [1.54, 1.807) is 0 Å². The smallest absolute Gasteiger partial charge is 0.343 e. The summed E-state index contributed by atoms with van der Waals surface area (Å²) in [6.45, 7) is -2.75. The highest BCUT2D eigenvalue weighted by molar-refractivity contribution is 6.00. The van der Waals surface area contributed by atoms with Crippen LogP contribution >= 0.6 is 0 Å². The van der Waals surface area contributed by atoms with Crippen LogP contribution in [0.15, 0.2) is 121 Å². The molecular weight excluding hydrogens is 1660 g/mol. The monoisotopic (exact) mass is 1710 g/mol. The number of aromatic hydroxyl groups is 24. The zero-order chi connectivity index (χ0) is 90.1. The largest absolute Gasteiger partial charge is 0.504 e. The fourth-order valence-electron chi connectivity index (χ4n) is 11.0. The maximum Gasteiger partial charge on any atom is 0.343 e. The number of carbonyl (C=O) groups is 10. The number of ether oxygens (including phenoxy) is 11. The maximum atomic E-state index is 15.3. The lowest BCUT2D eigenvalue weighted by Crippen LogP contribution is -2.63. The van der Waals surface area contributed by atoms with Crippen molar-refractivity contribution in [3.8, 4) is 167 Å². The van der Waals surface area contributed by atoms with Gasteiger partial charge in [-0.05, 0) is 121 Å². The summed E-state index contributed by atoms with van der Waals surface area (Å²) in [6.07, 6.45) is -15.0. The number of esters is 10. The molecule has 1 aliphatic rings. The molecule has 123 heavy (non-hydrogen) atoms. The first kappa shape index (κ1) is 85.9. The van der Waals surface area contributed by atoms with Crippen molar-refractivity contribution >= 4 is 59.7 Å². The molecule has 5 atom stereocenters. The van der Waals surface area contributed by atoms with E-state index in [2.05, 4.69) is 0 Å². The Morgan fingerprint density at radius 2 is 0.431 bits per heavy atom. The standard InChI is InChI=1S/C77H54O46/c78-21-33-1-23(2-34(79)54(33)93)68(104)114-49-18-30(13-45(90)60(49)99)74(110)121-65-64(120-73(109)29-12-44(89)61(100)50(17-29)116-70(106)25-5-37(82)56(95)38(83)6-25)53(22-113-67(103)28-11-43(88)59(98)48(16-28)115-69(105)24-3-35(80)55(94)36(81)4-24)119-77(123-76(112)32-15-47(92)63(102)52(20-32)118-72(108)27-9-41(86)58(97)42(87)10-27)66(65)122-75(111)31-14-46(91)62(101)51(19-31)117-71(107)26-7-39(84)57(96)40(85)8-26/h1-20,53,64-66,77-102H,21-22H2/t53-,64-,65+,66-,77+/m1/s1. The molecule has 11 rings (SSSR count). The molecule has 1 aliphatic heterocycles. The molecule has 1 saturated heterocycles. The minimum absolute atomic E-state index is 0.305. The van der Waals surface area contributed by atoms with Gasteiger partial charge in [-0.1, -0.05) is 0 Å². The Balaban J connectivity index is 1.09. The van der Waals surface area contributed by atoms with Gasteiger partial charge in [-0.2, -0.15) is 0 Å². The Morgan fingerprint density at radius 3 is 0.691 bits per heavy atom. The van der Waals surface area contributed by atoms with Crippen LogP contribution in [0, 0.1) is 0 Å². The summed E-state index contributed by atoms with van der Waals surface area (Å²) in [5.74, 6) is -54.3. The molecule has 0 unspecified atom stereocenters. The minimum atomic E-state index is -3.12. The van der Waals surface area contributed by atoms with Gasteiger partial charge in [-0.25, -0.2) is 47.9 Å². The van der Waals surface area contributed by atoms with Gasteiger partial charge in [-0.15, -0.1) is 0 Å². The summed E-state index contributed by atoms with van der Waals surface area (Å²) in [6, 6.07) is 8.95. The molecule has 0 radical (unpaired) electrons. The van der Waals surface area contributed by atoms with Gasteiger partial charge in [0.25, 0.3) is 0 Å². The molecule has 46 heteroatoms. The van der Waals surface area contributed by atoms with E-state index in [1.165, 1.54) is 0 Å². The van der Waals surface area contributed by atoms with E-state index in [4.69, 9.17) is 52.1 Å². The lowest BCUT2D eigenvalue weighted by atomic mass is 9.97. The number of hydrogen-bond acceptors (Lipinski definition) is 46. The van der Waals surface area contributed by atoms with Crippen LogP contribution in [0.1, 0.15) is 109 Å². The van der Waals surface area contributed by atoms with Crippen molar-refractivity contribution in [2.24, 2.45) is 0 Å². The Morgan fingerprint density at radius 1 is 0.228 bits per heavy atom. The Hall–Kier alpha value is -18.0. The second kappa shape index (κ2) is 34.1. The molecule has 10 aromatic rings. The van der Waals surface area contributed by atoms with E-state index in [0.717, 1.165) is 6.07 Å². The zero-order valence-electron chi connectivity index (χ0n) is 60.6. The number of phenolic OH excluding ortho intramolecular Hbond substituents is 23. The number of rotatable bonds is 22. The van der Waals surface area contributed by atoms with Crippen molar-refractivity contribution < 1.29 is 228 Å². The Labute approximate surface area is 678 Å². The van der Waals surface area contributed by atoms with E-state index in [-0.39, 0.29) is 0 Å². The van der Waals surface area contributed by atoms with Crippen LogP contribution in [0.5, 0.6) is 167 Å². The highest BCUT2D eigenvalue weighted by atomic mass is 16.8. The first-order valence-electron chi connectivity index (χ1n) is 33.6. The third kappa shape index (κ3) is 18.0. The summed E-state index contributed by atoms with van der Waals surface area (Å²) < 4.78 is 60.6. The SMILES string of the molecule is O=C(OC[C@H]1O[C@@H](OC(=O)c2cc(O)c(O)c(OC(=O)c3cc(O)c(O)c(O)c3)c2)[C@H](OC(=O)c2cc(O)c(O)c(OC(=O)c3cc(O)c(O)c(O)c3)c2)[C@@H](OC(=O)c2cc(O)c(O)c(OC(=O)c3cc(O)c(O)c(CO)c3)c2)[C@@H]1OC(=O)c1cc(O)c(O)c(OC(=O)c2cc(O)c(O)c(O)c2)c1)c1cc(O)c(O)c(OC(=O)c2cc(O)c(O)c(O)c2)c1. The van der Waals surface area contributed by atoms with E-state index in [9.17, 15) is 161 Å². The molecule has 0 aliphatic carbocycles. The lowest BCUT2D eigenvalue weighted by molar-refractivity contribution is -0.282. The van der Waals surface area contributed by atoms with Crippen LogP contribution in [0.25, 0.3) is 0 Å². The Bertz CT molecular complexity index is 6010. The van der Waals surface area contributed by atoms with Crippen LogP contribution in [0.2, 0.25) is 0 Å². The van der Waals surface area contributed by atoms with E-state index in [1.807, 2.05) is 0 Å². The summed E-state index contributed by atoms with van der Waals surface area (Å²) in [5.41, 5.74) is -10.3. The van der Waals surface area contributed by atoms with Crippen molar-refractivity contribution in [3.63, 3.8) is 0 Å². The maximum absolute atomic E-state index is 15.3. The number of hydrogen-bond donors (Lipinski definition) is 25. The molecule has 0 spiro atoms. The lowest BCUT2D eigenvalue weighted by Gasteiger charge is -2.43. The second-order valence-electron chi connectivity index (χ2n) is 25.4. The number of carbonyl (C=O) groups excluding carboxylic acids is 10.